The molecule has 2 aromatic heterocycles. The van der Waals surface area contributed by atoms with Gasteiger partial charge in [0.2, 0.25) is 5.88 Å². The van der Waals surface area contributed by atoms with E-state index in [1.165, 1.54) is 12.1 Å². The summed E-state index contributed by atoms with van der Waals surface area (Å²) < 4.78 is 18.2. The van der Waals surface area contributed by atoms with Crippen LogP contribution in [0.4, 0.5) is 16.0 Å². The number of nitrogen functional groups attached to an aromatic ring is 2. The Morgan fingerprint density at radius 2 is 1.78 bits per heavy atom. The second kappa shape index (κ2) is 3.73. The molecule has 0 aliphatic carbocycles. The number of aromatic nitrogens is 1. The quantitative estimate of drug-likeness (QED) is 0.688. The number of fused-ring (bicyclic) bond motifs is 1. The van der Waals surface area contributed by atoms with E-state index in [1.807, 2.05) is 0 Å². The number of anilines is 2. The lowest BCUT2D eigenvalue weighted by molar-refractivity contribution is 0.628. The number of nitrogens with two attached hydrogens (primary N) is 2. The van der Waals surface area contributed by atoms with Crippen molar-refractivity contribution in [2.75, 3.05) is 11.5 Å². The molecule has 0 fully saturated rings. The molecular weight excluding hydrogens is 233 g/mol. The Morgan fingerprint density at radius 3 is 2.50 bits per heavy atom. The number of pyridine rings is 1. The molecule has 4 nitrogen and oxygen atoms in total. The number of nitrogens with zero attached hydrogens (tertiary/aromatic N) is 1. The van der Waals surface area contributed by atoms with E-state index in [9.17, 15) is 4.39 Å². The SMILES string of the molecule is Nc1oc2cncc(-c3ccc(F)cc3)c2c1N. The van der Waals surface area contributed by atoms with Crippen LogP contribution in [0.3, 0.4) is 0 Å². The first-order chi connectivity index (χ1) is 8.66. The van der Waals surface area contributed by atoms with E-state index in [1.54, 1.807) is 24.5 Å². The molecule has 0 amide bonds. The van der Waals surface area contributed by atoms with E-state index in [0.717, 1.165) is 11.1 Å². The van der Waals surface area contributed by atoms with Crippen LogP contribution in [0, 0.1) is 5.82 Å². The Labute approximate surface area is 102 Å². The minimum atomic E-state index is -0.293. The molecule has 0 radical (unpaired) electrons. The average molecular weight is 243 g/mol. The van der Waals surface area contributed by atoms with Gasteiger partial charge in [0.1, 0.15) is 11.5 Å². The molecule has 0 atom stereocenters. The highest BCUT2D eigenvalue weighted by atomic mass is 19.1. The van der Waals surface area contributed by atoms with Gasteiger partial charge in [-0.2, -0.15) is 0 Å². The first-order valence-corrected chi connectivity index (χ1v) is 5.34. The molecule has 90 valence electrons. The number of benzene rings is 1. The fraction of sp³-hybridized carbons (Fsp3) is 0. The molecule has 0 bridgehead atoms. The Balaban J connectivity index is 2.32. The second-order valence-corrected chi connectivity index (χ2v) is 3.95. The molecule has 1 aromatic carbocycles. The summed E-state index contributed by atoms with van der Waals surface area (Å²) in [5.74, 6) is -0.125. The predicted molar refractivity (Wildman–Crippen MR) is 68.2 cm³/mol. The number of halogens is 1. The standard InChI is InChI=1S/C13H10FN3O/c14-8-3-1-7(2-4-8)9-5-17-6-10-11(9)12(15)13(16)18-10/h1-6H,15-16H2. The highest BCUT2D eigenvalue weighted by Gasteiger charge is 2.14. The van der Waals surface area contributed by atoms with Gasteiger partial charge in [0.25, 0.3) is 0 Å². The Hall–Kier alpha value is -2.56. The molecule has 18 heavy (non-hydrogen) atoms. The number of hydrogen-bond donors (Lipinski definition) is 2. The third kappa shape index (κ3) is 1.48. The van der Waals surface area contributed by atoms with Crippen LogP contribution >= 0.6 is 0 Å². The van der Waals surface area contributed by atoms with Crippen LogP contribution in [0.25, 0.3) is 22.1 Å². The maximum Gasteiger partial charge on any atom is 0.214 e. The van der Waals surface area contributed by atoms with Crippen LogP contribution in [0.2, 0.25) is 0 Å². The summed E-state index contributed by atoms with van der Waals surface area (Å²) in [5, 5.41) is 0.703. The minimum absolute atomic E-state index is 0.168. The number of hydrogen-bond acceptors (Lipinski definition) is 4. The van der Waals surface area contributed by atoms with Crippen molar-refractivity contribution in [3.8, 4) is 11.1 Å². The lowest BCUT2D eigenvalue weighted by Gasteiger charge is -2.03. The van der Waals surface area contributed by atoms with Gasteiger partial charge >= 0.3 is 0 Å². The van der Waals surface area contributed by atoms with E-state index in [-0.39, 0.29) is 11.7 Å². The highest BCUT2D eigenvalue weighted by molar-refractivity contribution is 6.04. The smallest absolute Gasteiger partial charge is 0.214 e. The summed E-state index contributed by atoms with van der Waals surface area (Å²) in [4.78, 5) is 4.07. The fourth-order valence-corrected chi connectivity index (χ4v) is 1.94. The minimum Gasteiger partial charge on any atom is -0.437 e. The summed E-state index contributed by atoms with van der Waals surface area (Å²) in [6.07, 6.45) is 3.20. The van der Waals surface area contributed by atoms with Crippen LogP contribution in [0.5, 0.6) is 0 Å². The van der Waals surface area contributed by atoms with Crippen molar-refractivity contribution in [3.05, 3.63) is 42.5 Å². The first-order valence-electron chi connectivity index (χ1n) is 5.34. The van der Waals surface area contributed by atoms with E-state index in [0.29, 0.717) is 16.7 Å². The van der Waals surface area contributed by atoms with Crippen LogP contribution in [-0.2, 0) is 0 Å². The fourth-order valence-electron chi connectivity index (χ4n) is 1.94. The van der Waals surface area contributed by atoms with Gasteiger partial charge in [-0.1, -0.05) is 12.1 Å². The lowest BCUT2D eigenvalue weighted by Crippen LogP contribution is -1.91. The maximum absolute atomic E-state index is 12.9. The normalized spacial score (nSPS) is 10.9. The molecule has 4 N–H and O–H groups in total. The topological polar surface area (TPSA) is 78.1 Å². The van der Waals surface area contributed by atoms with Gasteiger partial charge in [0, 0.05) is 11.8 Å². The molecule has 5 heteroatoms. The number of furan rings is 1. The third-order valence-corrected chi connectivity index (χ3v) is 2.82. The first kappa shape index (κ1) is 10.6. The van der Waals surface area contributed by atoms with Gasteiger partial charge in [-0.25, -0.2) is 4.39 Å². The van der Waals surface area contributed by atoms with Crippen LogP contribution in [0.1, 0.15) is 0 Å². The predicted octanol–water partition coefficient (Wildman–Crippen LogP) is 2.80. The number of rotatable bonds is 1. The molecule has 0 unspecified atom stereocenters. The summed E-state index contributed by atoms with van der Waals surface area (Å²) in [7, 11) is 0. The van der Waals surface area contributed by atoms with Gasteiger partial charge in [-0.3, -0.25) is 4.98 Å². The Kier molecular flexibility index (Phi) is 2.19. The van der Waals surface area contributed by atoms with Gasteiger partial charge in [0.15, 0.2) is 5.58 Å². The van der Waals surface area contributed by atoms with Crippen molar-refractivity contribution in [2.24, 2.45) is 0 Å². The largest absolute Gasteiger partial charge is 0.437 e. The van der Waals surface area contributed by atoms with Crippen molar-refractivity contribution in [1.29, 1.82) is 0 Å². The van der Waals surface area contributed by atoms with Gasteiger partial charge in [-0.05, 0) is 17.7 Å². The van der Waals surface area contributed by atoms with Gasteiger partial charge in [0.05, 0.1) is 11.6 Å². The van der Waals surface area contributed by atoms with Crippen molar-refractivity contribution < 1.29 is 8.81 Å². The summed E-state index contributed by atoms with van der Waals surface area (Å²) in [6.45, 7) is 0. The van der Waals surface area contributed by atoms with Crippen molar-refractivity contribution >= 4 is 22.5 Å². The zero-order valence-electron chi connectivity index (χ0n) is 9.35. The molecule has 0 saturated carbocycles. The Morgan fingerprint density at radius 1 is 1.06 bits per heavy atom. The van der Waals surface area contributed by atoms with E-state index in [2.05, 4.69) is 4.98 Å². The summed E-state index contributed by atoms with van der Waals surface area (Å²) in [6, 6.07) is 6.09. The molecule has 0 aliphatic rings. The van der Waals surface area contributed by atoms with Gasteiger partial charge in [-0.15, -0.1) is 0 Å². The molecule has 3 aromatic rings. The molecular formula is C13H10FN3O. The second-order valence-electron chi connectivity index (χ2n) is 3.95. The van der Waals surface area contributed by atoms with Crippen LogP contribution < -0.4 is 11.5 Å². The van der Waals surface area contributed by atoms with Gasteiger partial charge < -0.3 is 15.9 Å². The van der Waals surface area contributed by atoms with E-state index >= 15 is 0 Å². The van der Waals surface area contributed by atoms with Crippen molar-refractivity contribution in [2.45, 2.75) is 0 Å². The van der Waals surface area contributed by atoms with Crippen molar-refractivity contribution in [3.63, 3.8) is 0 Å². The van der Waals surface area contributed by atoms with E-state index < -0.39 is 0 Å². The summed E-state index contributed by atoms with van der Waals surface area (Å²) in [5.41, 5.74) is 14.0. The highest BCUT2D eigenvalue weighted by Crippen LogP contribution is 2.37. The zero-order valence-corrected chi connectivity index (χ0v) is 9.35. The van der Waals surface area contributed by atoms with E-state index in [4.69, 9.17) is 15.9 Å². The maximum atomic E-state index is 12.9. The molecule has 3 rings (SSSR count). The van der Waals surface area contributed by atoms with Crippen molar-refractivity contribution in [1.82, 2.24) is 4.98 Å². The lowest BCUT2D eigenvalue weighted by atomic mass is 10.0. The monoisotopic (exact) mass is 243 g/mol. The summed E-state index contributed by atoms with van der Waals surface area (Å²) >= 11 is 0. The average Bonchev–Trinajstić information content (AvgIpc) is 2.66. The Bertz CT molecular complexity index is 719. The van der Waals surface area contributed by atoms with Crippen LogP contribution in [-0.4, -0.2) is 4.98 Å². The molecule has 2 heterocycles. The third-order valence-electron chi connectivity index (χ3n) is 2.82. The molecule has 0 aliphatic heterocycles. The zero-order chi connectivity index (χ0) is 12.7. The molecule has 0 saturated heterocycles. The van der Waals surface area contributed by atoms with Crippen LogP contribution in [0.15, 0.2) is 41.1 Å². The molecule has 0 spiro atoms.